The number of amides is 1. The second-order valence-electron chi connectivity index (χ2n) is 5.11. The molecule has 0 radical (unpaired) electrons. The summed E-state index contributed by atoms with van der Waals surface area (Å²) in [4.78, 5) is 22.2. The fourth-order valence-corrected chi connectivity index (χ4v) is 3.60. The molecule has 122 valence electrons. The highest BCUT2D eigenvalue weighted by Crippen LogP contribution is 2.23. The third-order valence-corrected chi connectivity index (χ3v) is 5.08. The van der Waals surface area contributed by atoms with Gasteiger partial charge in [0.15, 0.2) is 0 Å². The van der Waals surface area contributed by atoms with Crippen LogP contribution < -0.4 is 5.32 Å². The molecule has 24 heavy (non-hydrogen) atoms. The molecule has 0 fully saturated rings. The molecule has 3 rings (SSSR count). The van der Waals surface area contributed by atoms with Crippen LogP contribution in [0, 0.1) is 0 Å². The highest BCUT2D eigenvalue weighted by molar-refractivity contribution is 9.10. The largest absolute Gasteiger partial charge is 0.347 e. The summed E-state index contributed by atoms with van der Waals surface area (Å²) in [5.74, 6) is 0.816. The lowest BCUT2D eigenvalue weighted by Crippen LogP contribution is -2.24. The number of thioether (sulfide) groups is 1. The number of aromatic nitrogens is 2. The minimum atomic E-state index is -0.183. The first-order valence-electron chi connectivity index (χ1n) is 7.58. The first-order valence-corrected chi connectivity index (χ1v) is 9.36. The van der Waals surface area contributed by atoms with E-state index in [4.69, 9.17) is 0 Å². The number of carbonyl (C=O) groups excluding carboxylic acids is 1. The quantitative estimate of drug-likeness (QED) is 0.642. The fourth-order valence-electron chi connectivity index (χ4n) is 2.35. The van der Waals surface area contributed by atoms with E-state index < -0.39 is 0 Å². The van der Waals surface area contributed by atoms with Crippen LogP contribution in [0.4, 0.5) is 0 Å². The Kier molecular flexibility index (Phi) is 5.48. The van der Waals surface area contributed by atoms with Crippen LogP contribution in [0.5, 0.6) is 0 Å². The third-order valence-electron chi connectivity index (χ3n) is 3.50. The fraction of sp³-hybridized carbons (Fsp3) is 0.167. The van der Waals surface area contributed by atoms with Crippen molar-refractivity contribution >= 4 is 44.5 Å². The molecule has 1 N–H and O–H groups in total. The van der Waals surface area contributed by atoms with Crippen molar-refractivity contribution in [3.05, 3.63) is 64.5 Å². The Morgan fingerprint density at radius 2 is 2.04 bits per heavy atom. The van der Waals surface area contributed by atoms with E-state index in [1.165, 1.54) is 4.90 Å². The number of halogens is 1. The van der Waals surface area contributed by atoms with Crippen LogP contribution >= 0.6 is 27.7 Å². The Morgan fingerprint density at radius 1 is 1.21 bits per heavy atom. The number of rotatable bonds is 5. The Balaban J connectivity index is 1.77. The van der Waals surface area contributed by atoms with Gasteiger partial charge < -0.3 is 5.32 Å². The number of carbonyl (C=O) groups is 1. The summed E-state index contributed by atoms with van der Waals surface area (Å²) in [6, 6.07) is 11.7. The molecule has 0 aliphatic rings. The van der Waals surface area contributed by atoms with E-state index in [2.05, 4.69) is 44.2 Å². The average Bonchev–Trinajstić information content (AvgIpc) is 2.61. The first kappa shape index (κ1) is 16.9. The van der Waals surface area contributed by atoms with E-state index in [-0.39, 0.29) is 5.91 Å². The van der Waals surface area contributed by atoms with Gasteiger partial charge in [0.25, 0.3) is 5.91 Å². The predicted molar refractivity (Wildman–Crippen MR) is 101 cm³/mol. The maximum absolute atomic E-state index is 12.4. The molecule has 0 aliphatic heterocycles. The maximum Gasteiger partial charge on any atom is 0.270 e. The van der Waals surface area contributed by atoms with Gasteiger partial charge in [-0.2, -0.15) is 0 Å². The van der Waals surface area contributed by atoms with Crippen LogP contribution in [0.15, 0.2) is 58.2 Å². The molecule has 0 saturated carbocycles. The van der Waals surface area contributed by atoms with Crippen molar-refractivity contribution in [3.63, 3.8) is 0 Å². The molecule has 0 atom stereocenters. The lowest BCUT2D eigenvalue weighted by molar-refractivity contribution is 0.0946. The molecule has 1 aromatic carbocycles. The summed E-state index contributed by atoms with van der Waals surface area (Å²) in [6.45, 7) is 2.60. The minimum absolute atomic E-state index is 0.183. The molecule has 1 amide bonds. The number of hydrogen-bond acceptors (Lipinski definition) is 4. The van der Waals surface area contributed by atoms with Crippen molar-refractivity contribution in [2.24, 2.45) is 0 Å². The highest BCUT2D eigenvalue weighted by Gasteiger charge is 2.10. The second-order valence-corrected chi connectivity index (χ2v) is 7.27. The zero-order valence-corrected chi connectivity index (χ0v) is 15.5. The second kappa shape index (κ2) is 7.77. The van der Waals surface area contributed by atoms with Gasteiger partial charge in [0.2, 0.25) is 0 Å². The molecule has 4 nitrogen and oxygen atoms in total. The molecule has 0 unspecified atom stereocenters. The van der Waals surface area contributed by atoms with Crippen molar-refractivity contribution in [1.82, 2.24) is 15.3 Å². The van der Waals surface area contributed by atoms with Gasteiger partial charge in [-0.3, -0.25) is 9.78 Å². The molecule has 0 bridgehead atoms. The number of pyridine rings is 2. The van der Waals surface area contributed by atoms with Gasteiger partial charge in [-0.1, -0.05) is 25.1 Å². The Labute approximate surface area is 153 Å². The van der Waals surface area contributed by atoms with Crippen molar-refractivity contribution in [1.29, 1.82) is 0 Å². The van der Waals surface area contributed by atoms with Gasteiger partial charge in [-0.15, -0.1) is 11.8 Å². The van der Waals surface area contributed by atoms with Gasteiger partial charge in [-0.05, 0) is 45.4 Å². The SMILES string of the molecule is CCSc1ccccc1CNC(=O)c1ccc2cncc(Br)c2n1. The van der Waals surface area contributed by atoms with Gasteiger partial charge in [0.1, 0.15) is 5.69 Å². The summed E-state index contributed by atoms with van der Waals surface area (Å²) in [5.41, 5.74) is 2.25. The maximum atomic E-state index is 12.4. The van der Waals surface area contributed by atoms with Crippen LogP contribution in [0.1, 0.15) is 23.0 Å². The van der Waals surface area contributed by atoms with E-state index in [0.717, 1.165) is 26.7 Å². The summed E-state index contributed by atoms with van der Waals surface area (Å²) in [6.07, 6.45) is 3.40. The van der Waals surface area contributed by atoms with Crippen LogP contribution in [0.3, 0.4) is 0 Å². The van der Waals surface area contributed by atoms with E-state index >= 15 is 0 Å². The Bertz CT molecular complexity index is 885. The van der Waals surface area contributed by atoms with Gasteiger partial charge in [0, 0.05) is 29.2 Å². The lowest BCUT2D eigenvalue weighted by Gasteiger charge is -2.10. The zero-order chi connectivity index (χ0) is 16.9. The number of nitrogens with one attached hydrogen (secondary N) is 1. The molecule has 2 aromatic heterocycles. The molecule has 0 spiro atoms. The minimum Gasteiger partial charge on any atom is -0.347 e. The zero-order valence-electron chi connectivity index (χ0n) is 13.1. The first-order chi connectivity index (χ1) is 11.7. The van der Waals surface area contributed by atoms with Gasteiger partial charge >= 0.3 is 0 Å². The summed E-state index contributed by atoms with van der Waals surface area (Å²) in [5, 5.41) is 3.85. The summed E-state index contributed by atoms with van der Waals surface area (Å²) in [7, 11) is 0. The van der Waals surface area contributed by atoms with E-state index in [9.17, 15) is 4.79 Å². The van der Waals surface area contributed by atoms with Crippen molar-refractivity contribution in [3.8, 4) is 0 Å². The Hall–Kier alpha value is -1.92. The normalized spacial score (nSPS) is 10.8. The smallest absolute Gasteiger partial charge is 0.270 e. The monoisotopic (exact) mass is 401 g/mol. The highest BCUT2D eigenvalue weighted by atomic mass is 79.9. The predicted octanol–water partition coefficient (Wildman–Crippen LogP) is 4.43. The summed E-state index contributed by atoms with van der Waals surface area (Å²) < 4.78 is 0.777. The van der Waals surface area contributed by atoms with Gasteiger partial charge in [-0.25, -0.2) is 4.98 Å². The molecule has 0 aliphatic carbocycles. The van der Waals surface area contributed by atoms with Crippen molar-refractivity contribution < 1.29 is 4.79 Å². The number of benzene rings is 1. The summed E-state index contributed by atoms with van der Waals surface area (Å²) >= 11 is 5.20. The number of fused-ring (bicyclic) bond motifs is 1. The average molecular weight is 402 g/mol. The van der Waals surface area contributed by atoms with Crippen molar-refractivity contribution in [2.45, 2.75) is 18.4 Å². The molecule has 0 saturated heterocycles. The van der Waals surface area contributed by atoms with Gasteiger partial charge in [0.05, 0.1) is 9.99 Å². The molecular weight excluding hydrogens is 386 g/mol. The van der Waals surface area contributed by atoms with Crippen LogP contribution in [-0.2, 0) is 6.54 Å². The van der Waals surface area contributed by atoms with E-state index in [0.29, 0.717) is 12.2 Å². The van der Waals surface area contributed by atoms with Crippen LogP contribution in [0.25, 0.3) is 10.9 Å². The topological polar surface area (TPSA) is 54.9 Å². The van der Waals surface area contributed by atoms with Crippen LogP contribution in [0.2, 0.25) is 0 Å². The number of hydrogen-bond donors (Lipinski definition) is 1. The molecule has 3 aromatic rings. The third kappa shape index (κ3) is 3.76. The molecular formula is C18H16BrN3OS. The number of nitrogens with zero attached hydrogens (tertiary/aromatic N) is 2. The van der Waals surface area contributed by atoms with E-state index in [1.54, 1.807) is 30.2 Å². The van der Waals surface area contributed by atoms with Crippen LogP contribution in [-0.4, -0.2) is 21.6 Å². The van der Waals surface area contributed by atoms with Crippen molar-refractivity contribution in [2.75, 3.05) is 5.75 Å². The Morgan fingerprint density at radius 3 is 2.88 bits per heavy atom. The molecule has 2 heterocycles. The van der Waals surface area contributed by atoms with E-state index in [1.807, 2.05) is 24.3 Å². The molecule has 6 heteroatoms. The lowest BCUT2D eigenvalue weighted by atomic mass is 10.2. The standard InChI is InChI=1S/C18H16BrN3OS/c1-2-24-16-6-4-3-5-12(16)10-21-18(23)15-8-7-13-9-20-11-14(19)17(13)22-15/h3-9,11H,2,10H2,1H3,(H,21,23).